The maximum absolute atomic E-state index is 12.5. The smallest absolute Gasteiger partial charge is 0.322 e. The van der Waals surface area contributed by atoms with E-state index in [4.69, 9.17) is 0 Å². The quantitative estimate of drug-likeness (QED) is 0.887. The molecule has 2 heterocycles. The van der Waals surface area contributed by atoms with Crippen molar-refractivity contribution >= 4 is 17.6 Å². The third-order valence-corrected chi connectivity index (χ3v) is 3.52. The summed E-state index contributed by atoms with van der Waals surface area (Å²) in [7, 11) is 0. The van der Waals surface area contributed by atoms with Gasteiger partial charge in [-0.3, -0.25) is 9.78 Å². The van der Waals surface area contributed by atoms with E-state index in [9.17, 15) is 9.59 Å². The van der Waals surface area contributed by atoms with Crippen LogP contribution in [0, 0.1) is 0 Å². The van der Waals surface area contributed by atoms with E-state index < -0.39 is 6.04 Å². The minimum absolute atomic E-state index is 0.165. The van der Waals surface area contributed by atoms with E-state index in [0.29, 0.717) is 18.8 Å². The molecule has 1 saturated heterocycles. The van der Waals surface area contributed by atoms with E-state index in [-0.39, 0.29) is 11.9 Å². The predicted molar refractivity (Wildman–Crippen MR) is 82.2 cm³/mol. The van der Waals surface area contributed by atoms with E-state index in [0.717, 1.165) is 5.56 Å². The number of anilines is 1. The van der Waals surface area contributed by atoms with Gasteiger partial charge in [-0.15, -0.1) is 0 Å². The van der Waals surface area contributed by atoms with Gasteiger partial charge in [-0.05, 0) is 17.7 Å². The molecule has 22 heavy (non-hydrogen) atoms. The number of piperazine rings is 1. The SMILES string of the molecule is O=C1NCCN(C(=O)Nc2ccncc2)C1c1ccccc1. The summed E-state index contributed by atoms with van der Waals surface area (Å²) in [4.78, 5) is 30.2. The zero-order chi connectivity index (χ0) is 15.4. The number of nitrogens with zero attached hydrogens (tertiary/aromatic N) is 2. The highest BCUT2D eigenvalue weighted by Gasteiger charge is 2.34. The van der Waals surface area contributed by atoms with Crippen LogP contribution in [0.4, 0.5) is 10.5 Å². The van der Waals surface area contributed by atoms with Crippen LogP contribution in [0.5, 0.6) is 0 Å². The third-order valence-electron chi connectivity index (χ3n) is 3.52. The molecule has 3 amide bonds. The number of carbonyl (C=O) groups is 2. The molecule has 2 N–H and O–H groups in total. The van der Waals surface area contributed by atoms with Crippen molar-refractivity contribution in [3.63, 3.8) is 0 Å². The molecule has 1 aliphatic rings. The molecule has 0 saturated carbocycles. The summed E-state index contributed by atoms with van der Waals surface area (Å²) >= 11 is 0. The first-order chi connectivity index (χ1) is 10.8. The zero-order valence-corrected chi connectivity index (χ0v) is 11.9. The number of carbonyl (C=O) groups excluding carboxylic acids is 2. The molecule has 1 aromatic heterocycles. The molecule has 3 rings (SSSR count). The lowest BCUT2D eigenvalue weighted by Crippen LogP contribution is -2.53. The van der Waals surface area contributed by atoms with Gasteiger partial charge in [0.05, 0.1) is 0 Å². The molecule has 0 spiro atoms. The first kappa shape index (κ1) is 14.1. The molecule has 1 atom stereocenters. The van der Waals surface area contributed by atoms with E-state index >= 15 is 0 Å². The Morgan fingerprint density at radius 2 is 1.91 bits per heavy atom. The topological polar surface area (TPSA) is 74.3 Å². The first-order valence-electron chi connectivity index (χ1n) is 7.06. The summed E-state index contributed by atoms with van der Waals surface area (Å²) < 4.78 is 0. The highest BCUT2D eigenvalue weighted by atomic mass is 16.2. The van der Waals surface area contributed by atoms with Crippen molar-refractivity contribution < 1.29 is 9.59 Å². The van der Waals surface area contributed by atoms with Gasteiger partial charge in [-0.1, -0.05) is 30.3 Å². The second-order valence-corrected chi connectivity index (χ2v) is 4.96. The molecule has 6 heteroatoms. The number of hydrogen-bond donors (Lipinski definition) is 2. The normalized spacial score (nSPS) is 17.7. The van der Waals surface area contributed by atoms with Crippen molar-refractivity contribution in [3.05, 3.63) is 60.4 Å². The van der Waals surface area contributed by atoms with Gasteiger partial charge >= 0.3 is 6.03 Å². The lowest BCUT2D eigenvalue weighted by atomic mass is 10.0. The number of pyridine rings is 1. The summed E-state index contributed by atoms with van der Waals surface area (Å²) in [5.74, 6) is -0.165. The molecule has 1 fully saturated rings. The summed E-state index contributed by atoms with van der Waals surface area (Å²) in [6.07, 6.45) is 3.21. The van der Waals surface area contributed by atoms with Crippen molar-refractivity contribution in [2.75, 3.05) is 18.4 Å². The van der Waals surface area contributed by atoms with Crippen LogP contribution in [0.2, 0.25) is 0 Å². The lowest BCUT2D eigenvalue weighted by molar-refractivity contribution is -0.127. The molecule has 0 radical (unpaired) electrons. The zero-order valence-electron chi connectivity index (χ0n) is 11.9. The second-order valence-electron chi connectivity index (χ2n) is 4.96. The fourth-order valence-corrected chi connectivity index (χ4v) is 2.48. The van der Waals surface area contributed by atoms with Gasteiger partial charge in [-0.25, -0.2) is 4.79 Å². The molecule has 2 aromatic rings. The van der Waals surface area contributed by atoms with Gasteiger partial charge in [0.15, 0.2) is 0 Å². The highest BCUT2D eigenvalue weighted by molar-refractivity contribution is 5.95. The van der Waals surface area contributed by atoms with Gasteiger partial charge in [0.2, 0.25) is 5.91 Å². The molecular weight excluding hydrogens is 280 g/mol. The summed E-state index contributed by atoms with van der Waals surface area (Å²) in [5, 5.41) is 5.61. The third kappa shape index (κ3) is 2.90. The van der Waals surface area contributed by atoms with E-state index in [1.807, 2.05) is 30.3 Å². The molecule has 6 nitrogen and oxygen atoms in total. The van der Waals surface area contributed by atoms with Crippen molar-refractivity contribution in [1.29, 1.82) is 0 Å². The first-order valence-corrected chi connectivity index (χ1v) is 7.06. The monoisotopic (exact) mass is 296 g/mol. The molecule has 0 bridgehead atoms. The van der Waals surface area contributed by atoms with Gasteiger partial charge in [0.25, 0.3) is 0 Å². The number of rotatable bonds is 2. The molecule has 0 aliphatic carbocycles. The summed E-state index contributed by atoms with van der Waals surface area (Å²) in [6.45, 7) is 0.911. The van der Waals surface area contributed by atoms with Gasteiger partial charge < -0.3 is 15.5 Å². The van der Waals surface area contributed by atoms with Crippen LogP contribution >= 0.6 is 0 Å². The Labute approximate surface area is 128 Å². The van der Waals surface area contributed by atoms with E-state index in [2.05, 4.69) is 15.6 Å². The Hall–Kier alpha value is -2.89. The number of hydrogen-bond acceptors (Lipinski definition) is 3. The number of amides is 3. The van der Waals surface area contributed by atoms with Crippen molar-refractivity contribution in [3.8, 4) is 0 Å². The highest BCUT2D eigenvalue weighted by Crippen LogP contribution is 2.24. The minimum atomic E-state index is -0.614. The summed E-state index contributed by atoms with van der Waals surface area (Å²) in [5.41, 5.74) is 1.45. The Bertz CT molecular complexity index is 660. The van der Waals surface area contributed by atoms with Crippen LogP contribution in [0.15, 0.2) is 54.9 Å². The van der Waals surface area contributed by atoms with Crippen molar-refractivity contribution in [2.45, 2.75) is 6.04 Å². The Morgan fingerprint density at radius 3 is 2.64 bits per heavy atom. The average molecular weight is 296 g/mol. The second kappa shape index (κ2) is 6.26. The largest absolute Gasteiger partial charge is 0.352 e. The Morgan fingerprint density at radius 1 is 1.18 bits per heavy atom. The van der Waals surface area contributed by atoms with E-state index in [1.165, 1.54) is 0 Å². The Kier molecular flexibility index (Phi) is 4.00. The Balaban J connectivity index is 1.83. The summed E-state index contributed by atoms with van der Waals surface area (Å²) in [6, 6.07) is 11.8. The fraction of sp³-hybridized carbons (Fsp3) is 0.188. The standard InChI is InChI=1S/C16H16N4O2/c21-15-14(12-4-2-1-3-5-12)20(11-10-18-15)16(22)19-13-6-8-17-9-7-13/h1-9,14H,10-11H2,(H,18,21)(H,17,19,22). The maximum atomic E-state index is 12.5. The van der Waals surface area contributed by atoms with Crippen LogP contribution in [0.1, 0.15) is 11.6 Å². The lowest BCUT2D eigenvalue weighted by Gasteiger charge is -2.35. The molecule has 112 valence electrons. The van der Waals surface area contributed by atoms with E-state index in [1.54, 1.807) is 29.4 Å². The van der Waals surface area contributed by atoms with Crippen LogP contribution in [-0.4, -0.2) is 34.9 Å². The van der Waals surface area contributed by atoms with Crippen LogP contribution in [0.25, 0.3) is 0 Å². The van der Waals surface area contributed by atoms with Gasteiger partial charge in [0.1, 0.15) is 6.04 Å². The minimum Gasteiger partial charge on any atom is -0.352 e. The average Bonchev–Trinajstić information content (AvgIpc) is 2.56. The molecule has 1 aliphatic heterocycles. The van der Waals surface area contributed by atoms with Gasteiger partial charge in [0, 0.05) is 31.2 Å². The van der Waals surface area contributed by atoms with Crippen LogP contribution in [-0.2, 0) is 4.79 Å². The van der Waals surface area contributed by atoms with Gasteiger partial charge in [-0.2, -0.15) is 0 Å². The van der Waals surface area contributed by atoms with Crippen LogP contribution < -0.4 is 10.6 Å². The van der Waals surface area contributed by atoms with Crippen LogP contribution in [0.3, 0.4) is 0 Å². The molecular formula is C16H16N4O2. The molecule has 1 aromatic carbocycles. The van der Waals surface area contributed by atoms with Crippen molar-refractivity contribution in [1.82, 2.24) is 15.2 Å². The van der Waals surface area contributed by atoms with Crippen molar-refractivity contribution in [2.24, 2.45) is 0 Å². The molecule has 1 unspecified atom stereocenters. The fourth-order valence-electron chi connectivity index (χ4n) is 2.48. The number of benzene rings is 1. The number of nitrogens with one attached hydrogen (secondary N) is 2. The predicted octanol–water partition coefficient (Wildman–Crippen LogP) is 1.79. The number of urea groups is 1. The number of aromatic nitrogens is 1. The maximum Gasteiger partial charge on any atom is 0.322 e.